The molecule has 2 amide bonds. The van der Waals surface area contributed by atoms with Gasteiger partial charge in [0.2, 0.25) is 5.91 Å². The van der Waals surface area contributed by atoms with E-state index in [-0.39, 0.29) is 11.8 Å². The van der Waals surface area contributed by atoms with Crippen LogP contribution in [0.4, 0.5) is 0 Å². The number of nitrogens with zero attached hydrogens (tertiary/aromatic N) is 4. The van der Waals surface area contributed by atoms with Crippen molar-refractivity contribution in [1.82, 2.24) is 19.6 Å². The average molecular weight is 433 g/mol. The maximum absolute atomic E-state index is 12.9. The summed E-state index contributed by atoms with van der Waals surface area (Å²) in [5, 5.41) is 4.74. The van der Waals surface area contributed by atoms with Gasteiger partial charge >= 0.3 is 0 Å². The summed E-state index contributed by atoms with van der Waals surface area (Å²) >= 11 is 6.09. The van der Waals surface area contributed by atoms with Gasteiger partial charge in [0, 0.05) is 44.3 Å². The van der Waals surface area contributed by atoms with Gasteiger partial charge < -0.3 is 14.5 Å². The summed E-state index contributed by atoms with van der Waals surface area (Å²) in [6.07, 6.45) is 4.60. The zero-order valence-corrected chi connectivity index (χ0v) is 18.6. The fraction of sp³-hybridized carbons (Fsp3) is 0.500. The number of ether oxygens (including phenoxy) is 1. The Labute approximate surface area is 182 Å². The minimum atomic E-state index is -0.104. The lowest BCUT2D eigenvalue weighted by Crippen LogP contribution is -2.37. The van der Waals surface area contributed by atoms with Crippen LogP contribution in [0.3, 0.4) is 0 Å². The van der Waals surface area contributed by atoms with E-state index < -0.39 is 0 Å². The van der Waals surface area contributed by atoms with Crippen LogP contribution < -0.4 is 4.74 Å². The molecule has 0 unspecified atom stereocenters. The number of aromatic nitrogens is 2. The Bertz CT molecular complexity index is 912. The molecule has 0 bridgehead atoms. The largest absolute Gasteiger partial charge is 0.491 e. The lowest BCUT2D eigenvalue weighted by Gasteiger charge is -2.26. The van der Waals surface area contributed by atoms with Crippen LogP contribution in [0.25, 0.3) is 0 Å². The van der Waals surface area contributed by atoms with Crippen LogP contribution in [-0.2, 0) is 18.3 Å². The third kappa shape index (κ3) is 5.33. The smallest absolute Gasteiger partial charge is 0.257 e. The monoisotopic (exact) mass is 432 g/mol. The number of amides is 2. The molecule has 0 spiro atoms. The van der Waals surface area contributed by atoms with E-state index in [9.17, 15) is 9.59 Å². The van der Waals surface area contributed by atoms with E-state index in [1.54, 1.807) is 30.1 Å². The summed E-state index contributed by atoms with van der Waals surface area (Å²) in [4.78, 5) is 29.2. The van der Waals surface area contributed by atoms with Gasteiger partial charge in [0.15, 0.2) is 0 Å². The summed E-state index contributed by atoms with van der Waals surface area (Å²) in [6.45, 7) is 4.09. The van der Waals surface area contributed by atoms with Crippen LogP contribution in [0.1, 0.15) is 40.9 Å². The van der Waals surface area contributed by atoms with E-state index in [0.29, 0.717) is 55.4 Å². The number of fused-ring (bicyclic) bond motifs is 1. The van der Waals surface area contributed by atoms with Gasteiger partial charge in [-0.05, 0) is 49.9 Å². The zero-order valence-electron chi connectivity index (χ0n) is 17.9. The normalized spacial score (nSPS) is 15.8. The molecule has 1 aliphatic rings. The van der Waals surface area contributed by atoms with Crippen molar-refractivity contribution in [3.63, 3.8) is 0 Å². The second kappa shape index (κ2) is 9.98. The highest BCUT2D eigenvalue weighted by Gasteiger charge is 2.20. The molecule has 0 aliphatic carbocycles. The molecule has 1 aromatic carbocycles. The highest BCUT2D eigenvalue weighted by molar-refractivity contribution is 6.31. The molecule has 1 aliphatic heterocycles. The predicted molar refractivity (Wildman–Crippen MR) is 116 cm³/mol. The third-order valence-electron chi connectivity index (χ3n) is 5.61. The predicted octanol–water partition coefficient (Wildman–Crippen LogP) is 3.09. The Morgan fingerprint density at radius 3 is 2.70 bits per heavy atom. The molecule has 1 aromatic heterocycles. The fourth-order valence-electron chi connectivity index (χ4n) is 3.57. The van der Waals surface area contributed by atoms with Gasteiger partial charge in [-0.1, -0.05) is 11.6 Å². The molecule has 0 fully saturated rings. The first-order chi connectivity index (χ1) is 14.4. The van der Waals surface area contributed by atoms with Gasteiger partial charge in [-0.15, -0.1) is 0 Å². The summed E-state index contributed by atoms with van der Waals surface area (Å²) < 4.78 is 7.71. The minimum absolute atomic E-state index is 0.104. The van der Waals surface area contributed by atoms with Crippen molar-refractivity contribution in [2.45, 2.75) is 32.6 Å². The van der Waals surface area contributed by atoms with Gasteiger partial charge in [0.1, 0.15) is 12.4 Å². The van der Waals surface area contributed by atoms with E-state index >= 15 is 0 Å². The Kier molecular flexibility index (Phi) is 7.37. The lowest BCUT2D eigenvalue weighted by molar-refractivity contribution is -0.131. The molecule has 0 radical (unpaired) electrons. The topological polar surface area (TPSA) is 67.7 Å². The third-order valence-corrected chi connectivity index (χ3v) is 5.84. The highest BCUT2D eigenvalue weighted by Crippen LogP contribution is 2.25. The number of halogens is 1. The van der Waals surface area contributed by atoms with Crippen LogP contribution in [0.2, 0.25) is 5.02 Å². The van der Waals surface area contributed by atoms with Gasteiger partial charge in [-0.3, -0.25) is 14.3 Å². The minimum Gasteiger partial charge on any atom is -0.491 e. The zero-order chi connectivity index (χ0) is 21.7. The molecule has 2 aromatic rings. The van der Waals surface area contributed by atoms with E-state index in [1.807, 2.05) is 29.7 Å². The van der Waals surface area contributed by atoms with Gasteiger partial charge in [0.05, 0.1) is 18.3 Å². The Balaban J connectivity index is 1.68. The second-order valence-electron chi connectivity index (χ2n) is 7.68. The van der Waals surface area contributed by atoms with Crippen molar-refractivity contribution in [3.05, 3.63) is 46.2 Å². The summed E-state index contributed by atoms with van der Waals surface area (Å²) in [6, 6.07) is 5.06. The highest BCUT2D eigenvalue weighted by atomic mass is 35.5. The maximum Gasteiger partial charge on any atom is 0.257 e. The molecule has 0 saturated carbocycles. The van der Waals surface area contributed by atoms with Crippen molar-refractivity contribution < 1.29 is 14.3 Å². The molecular weight excluding hydrogens is 404 g/mol. The molecule has 8 heteroatoms. The standard InChI is InChI=1S/C22H29ClN4O3/c1-16-17(15-24-26(16)3)6-9-21(28)27-11-5-4-10-25(2)22(29)19-14-18(23)7-8-20(19)30-13-12-27/h7-8,14-15H,4-6,9-13H2,1-3H3. The lowest BCUT2D eigenvalue weighted by atomic mass is 10.1. The molecule has 0 N–H and O–H groups in total. The van der Waals surface area contributed by atoms with E-state index in [1.165, 1.54) is 0 Å². The SMILES string of the molecule is Cc1c(CCC(=O)N2CCCCN(C)C(=O)c3cc(Cl)ccc3OCC2)cnn1C. The quantitative estimate of drug-likeness (QED) is 0.747. The van der Waals surface area contributed by atoms with Crippen molar-refractivity contribution in [2.75, 3.05) is 33.3 Å². The van der Waals surface area contributed by atoms with Crippen LogP contribution in [0.5, 0.6) is 5.75 Å². The van der Waals surface area contributed by atoms with E-state index in [0.717, 1.165) is 24.1 Å². The molecule has 0 atom stereocenters. The van der Waals surface area contributed by atoms with Crippen molar-refractivity contribution in [2.24, 2.45) is 7.05 Å². The van der Waals surface area contributed by atoms with Crippen molar-refractivity contribution >= 4 is 23.4 Å². The average Bonchev–Trinajstić information content (AvgIpc) is 3.05. The second-order valence-corrected chi connectivity index (χ2v) is 8.12. The Morgan fingerprint density at radius 1 is 1.20 bits per heavy atom. The first-order valence-corrected chi connectivity index (χ1v) is 10.7. The van der Waals surface area contributed by atoms with Crippen LogP contribution in [0, 0.1) is 6.92 Å². The number of carbonyl (C=O) groups is 2. The number of hydrogen-bond acceptors (Lipinski definition) is 4. The molecular formula is C22H29ClN4O3. The first-order valence-electron chi connectivity index (χ1n) is 10.3. The Hall–Kier alpha value is -2.54. The van der Waals surface area contributed by atoms with Gasteiger partial charge in [-0.25, -0.2) is 0 Å². The number of aryl methyl sites for hydroxylation is 2. The number of benzene rings is 1. The molecule has 162 valence electrons. The van der Waals surface area contributed by atoms with Crippen molar-refractivity contribution in [1.29, 1.82) is 0 Å². The summed E-state index contributed by atoms with van der Waals surface area (Å²) in [5.74, 6) is 0.503. The maximum atomic E-state index is 12.9. The molecule has 3 rings (SSSR count). The van der Waals surface area contributed by atoms with Crippen molar-refractivity contribution in [3.8, 4) is 5.75 Å². The van der Waals surface area contributed by atoms with Gasteiger partial charge in [-0.2, -0.15) is 5.10 Å². The molecule has 30 heavy (non-hydrogen) atoms. The van der Waals surface area contributed by atoms with Crippen LogP contribution >= 0.6 is 11.6 Å². The number of carbonyl (C=O) groups excluding carboxylic acids is 2. The number of hydrogen-bond donors (Lipinski definition) is 0. The fourth-order valence-corrected chi connectivity index (χ4v) is 3.74. The summed E-state index contributed by atoms with van der Waals surface area (Å²) in [7, 11) is 3.68. The van der Waals surface area contributed by atoms with E-state index in [4.69, 9.17) is 16.3 Å². The molecule has 2 heterocycles. The Morgan fingerprint density at radius 2 is 1.97 bits per heavy atom. The molecule has 7 nitrogen and oxygen atoms in total. The first kappa shape index (κ1) is 22.2. The van der Waals surface area contributed by atoms with Crippen LogP contribution in [-0.4, -0.2) is 64.7 Å². The number of rotatable bonds is 3. The van der Waals surface area contributed by atoms with Gasteiger partial charge in [0.25, 0.3) is 5.91 Å². The molecule has 0 saturated heterocycles. The summed E-state index contributed by atoms with van der Waals surface area (Å²) in [5.41, 5.74) is 2.64. The van der Waals surface area contributed by atoms with Crippen LogP contribution in [0.15, 0.2) is 24.4 Å². The van der Waals surface area contributed by atoms with E-state index in [2.05, 4.69) is 5.10 Å².